The lowest BCUT2D eigenvalue weighted by Gasteiger charge is -2.12. The van der Waals surface area contributed by atoms with Crippen molar-refractivity contribution in [3.8, 4) is 0 Å². The number of benzene rings is 2. The van der Waals surface area contributed by atoms with E-state index in [0.717, 1.165) is 22.6 Å². The van der Waals surface area contributed by atoms with Gasteiger partial charge in [0.15, 0.2) is 5.50 Å². The van der Waals surface area contributed by atoms with Crippen molar-refractivity contribution in [1.82, 2.24) is 5.32 Å². The van der Waals surface area contributed by atoms with Gasteiger partial charge in [0, 0.05) is 10.6 Å². The van der Waals surface area contributed by atoms with Gasteiger partial charge >= 0.3 is 0 Å². The van der Waals surface area contributed by atoms with Crippen LogP contribution in [-0.4, -0.2) is 17.7 Å². The molecule has 0 saturated carbocycles. The van der Waals surface area contributed by atoms with Gasteiger partial charge in [0.1, 0.15) is 0 Å². The van der Waals surface area contributed by atoms with E-state index in [9.17, 15) is 4.79 Å². The van der Waals surface area contributed by atoms with E-state index in [1.54, 1.807) is 11.8 Å². The predicted molar refractivity (Wildman–Crippen MR) is 105 cm³/mol. The summed E-state index contributed by atoms with van der Waals surface area (Å²) in [5, 5.41) is 6.31. The Hall–Kier alpha value is -1.85. The quantitative estimate of drug-likeness (QED) is 0.608. The first kappa shape index (κ1) is 17.0. The van der Waals surface area contributed by atoms with Crippen LogP contribution in [0, 0.1) is 0 Å². The second kappa shape index (κ2) is 7.81. The SMILES string of the molecule is CCc1ccc(N[C@H]2NC(=O)/C(=C/c3ccc(SC)cc3)S2)cc1. The van der Waals surface area contributed by atoms with E-state index in [1.807, 2.05) is 30.3 Å². The molecule has 1 fully saturated rings. The normalized spacial score (nSPS) is 18.7. The summed E-state index contributed by atoms with van der Waals surface area (Å²) >= 11 is 3.22. The molecule has 2 aromatic rings. The van der Waals surface area contributed by atoms with Gasteiger partial charge in [-0.1, -0.05) is 43.0 Å². The van der Waals surface area contributed by atoms with Crippen molar-refractivity contribution >= 4 is 41.2 Å². The molecule has 3 nitrogen and oxygen atoms in total. The maximum absolute atomic E-state index is 12.2. The van der Waals surface area contributed by atoms with E-state index in [4.69, 9.17) is 0 Å². The highest BCUT2D eigenvalue weighted by atomic mass is 32.2. The topological polar surface area (TPSA) is 41.1 Å². The van der Waals surface area contributed by atoms with Gasteiger partial charge in [0.05, 0.1) is 4.91 Å². The Kier molecular flexibility index (Phi) is 5.53. The van der Waals surface area contributed by atoms with E-state index in [0.29, 0.717) is 0 Å². The van der Waals surface area contributed by atoms with Crippen LogP contribution < -0.4 is 10.6 Å². The van der Waals surface area contributed by atoms with Gasteiger partial charge in [-0.2, -0.15) is 0 Å². The number of hydrogen-bond donors (Lipinski definition) is 2. The Morgan fingerprint density at radius 3 is 2.50 bits per heavy atom. The lowest BCUT2D eigenvalue weighted by molar-refractivity contribution is -0.116. The first-order valence-corrected chi connectivity index (χ1v) is 9.97. The highest BCUT2D eigenvalue weighted by Crippen LogP contribution is 2.30. The van der Waals surface area contributed by atoms with E-state index in [1.165, 1.54) is 22.2 Å². The van der Waals surface area contributed by atoms with E-state index < -0.39 is 0 Å². The Morgan fingerprint density at radius 1 is 1.17 bits per heavy atom. The minimum atomic E-state index is -0.137. The first-order valence-electron chi connectivity index (χ1n) is 7.86. The molecule has 124 valence electrons. The minimum Gasteiger partial charge on any atom is -0.357 e. The summed E-state index contributed by atoms with van der Waals surface area (Å²) in [5.41, 5.74) is 3.22. The van der Waals surface area contributed by atoms with Crippen LogP contribution in [0.25, 0.3) is 6.08 Å². The van der Waals surface area contributed by atoms with Crippen LogP contribution in [0.1, 0.15) is 18.1 Å². The average Bonchev–Trinajstić information content (AvgIpc) is 2.95. The molecule has 5 heteroatoms. The van der Waals surface area contributed by atoms with Crippen LogP contribution in [0.15, 0.2) is 58.3 Å². The second-order valence-electron chi connectivity index (χ2n) is 5.45. The Balaban J connectivity index is 1.66. The minimum absolute atomic E-state index is 0.0309. The maximum Gasteiger partial charge on any atom is 0.260 e. The number of rotatable bonds is 5. The number of thioether (sulfide) groups is 2. The van der Waals surface area contributed by atoms with Gasteiger partial charge < -0.3 is 10.6 Å². The molecule has 0 bridgehead atoms. The van der Waals surface area contributed by atoms with E-state index in [2.05, 4.69) is 48.1 Å². The number of carbonyl (C=O) groups excluding carboxylic acids is 1. The predicted octanol–water partition coefficient (Wildman–Crippen LogP) is 4.57. The van der Waals surface area contributed by atoms with Crippen LogP contribution >= 0.6 is 23.5 Å². The van der Waals surface area contributed by atoms with Crippen molar-refractivity contribution in [2.45, 2.75) is 23.7 Å². The summed E-state index contributed by atoms with van der Waals surface area (Å²) in [5.74, 6) is -0.0309. The van der Waals surface area contributed by atoms with Crippen LogP contribution in [0.5, 0.6) is 0 Å². The zero-order chi connectivity index (χ0) is 16.9. The molecule has 1 amide bonds. The third-order valence-corrected chi connectivity index (χ3v) is 5.58. The third kappa shape index (κ3) is 4.16. The number of anilines is 1. The van der Waals surface area contributed by atoms with Crippen LogP contribution in [-0.2, 0) is 11.2 Å². The van der Waals surface area contributed by atoms with Crippen molar-refractivity contribution in [3.05, 3.63) is 64.6 Å². The molecule has 24 heavy (non-hydrogen) atoms. The molecule has 1 aliphatic heterocycles. The molecule has 3 rings (SSSR count). The van der Waals surface area contributed by atoms with Crippen molar-refractivity contribution in [2.24, 2.45) is 0 Å². The van der Waals surface area contributed by atoms with Crippen molar-refractivity contribution in [2.75, 3.05) is 11.6 Å². The highest BCUT2D eigenvalue weighted by molar-refractivity contribution is 8.05. The highest BCUT2D eigenvalue weighted by Gasteiger charge is 2.26. The molecule has 1 aliphatic rings. The standard InChI is InChI=1S/C19H20N2OS2/c1-3-13-4-8-15(9-5-13)20-19-21-18(22)17(24-19)12-14-6-10-16(23-2)11-7-14/h4-12,19-20H,3H2,1-2H3,(H,21,22)/b17-12-/t19-/m0/s1. The monoisotopic (exact) mass is 356 g/mol. The summed E-state index contributed by atoms with van der Waals surface area (Å²) < 4.78 is 0. The molecule has 1 saturated heterocycles. The fourth-order valence-corrected chi connectivity index (χ4v) is 3.80. The van der Waals surface area contributed by atoms with Crippen molar-refractivity contribution < 1.29 is 4.79 Å². The molecule has 1 heterocycles. The zero-order valence-corrected chi connectivity index (χ0v) is 15.3. The molecule has 2 aromatic carbocycles. The molecule has 1 atom stereocenters. The van der Waals surface area contributed by atoms with Gasteiger partial charge in [0.2, 0.25) is 0 Å². The fourth-order valence-electron chi connectivity index (χ4n) is 2.40. The van der Waals surface area contributed by atoms with E-state index >= 15 is 0 Å². The molecule has 0 radical (unpaired) electrons. The summed E-state index contributed by atoms with van der Waals surface area (Å²) in [6.07, 6.45) is 5.01. The van der Waals surface area contributed by atoms with Crippen LogP contribution in [0.4, 0.5) is 5.69 Å². The maximum atomic E-state index is 12.2. The van der Waals surface area contributed by atoms with Crippen LogP contribution in [0.3, 0.4) is 0 Å². The number of nitrogens with one attached hydrogen (secondary N) is 2. The average molecular weight is 357 g/mol. The van der Waals surface area contributed by atoms with Crippen LogP contribution in [0.2, 0.25) is 0 Å². The first-order chi connectivity index (χ1) is 11.7. The number of hydrogen-bond acceptors (Lipinski definition) is 4. The summed E-state index contributed by atoms with van der Waals surface area (Å²) in [4.78, 5) is 14.1. The molecular formula is C19H20N2OS2. The van der Waals surface area contributed by atoms with Gasteiger partial charge in [-0.15, -0.1) is 11.8 Å². The smallest absolute Gasteiger partial charge is 0.260 e. The molecule has 0 unspecified atom stereocenters. The summed E-state index contributed by atoms with van der Waals surface area (Å²) in [7, 11) is 0. The molecule has 2 N–H and O–H groups in total. The summed E-state index contributed by atoms with van der Waals surface area (Å²) in [6.45, 7) is 2.14. The molecule has 0 aromatic heterocycles. The van der Waals surface area contributed by atoms with E-state index in [-0.39, 0.29) is 11.4 Å². The zero-order valence-electron chi connectivity index (χ0n) is 13.7. The number of amides is 1. The lowest BCUT2D eigenvalue weighted by Crippen LogP contribution is -2.30. The van der Waals surface area contributed by atoms with Gasteiger partial charge in [-0.25, -0.2) is 0 Å². The Bertz CT molecular complexity index is 739. The van der Waals surface area contributed by atoms with Gasteiger partial charge in [-0.05, 0) is 54.1 Å². The Labute approximate surface area is 151 Å². The fraction of sp³-hybridized carbons (Fsp3) is 0.211. The number of carbonyl (C=O) groups is 1. The van der Waals surface area contributed by atoms with Gasteiger partial charge in [-0.3, -0.25) is 4.79 Å². The molecular weight excluding hydrogens is 336 g/mol. The lowest BCUT2D eigenvalue weighted by atomic mass is 10.1. The summed E-state index contributed by atoms with van der Waals surface area (Å²) in [6, 6.07) is 16.5. The molecule has 0 spiro atoms. The van der Waals surface area contributed by atoms with Crippen molar-refractivity contribution in [3.63, 3.8) is 0 Å². The Morgan fingerprint density at radius 2 is 1.88 bits per heavy atom. The molecule has 0 aliphatic carbocycles. The van der Waals surface area contributed by atoms with Crippen molar-refractivity contribution in [1.29, 1.82) is 0 Å². The largest absolute Gasteiger partial charge is 0.357 e. The third-order valence-electron chi connectivity index (χ3n) is 3.80. The van der Waals surface area contributed by atoms with Gasteiger partial charge in [0.25, 0.3) is 5.91 Å². The second-order valence-corrected chi connectivity index (χ2v) is 7.47. The number of aryl methyl sites for hydroxylation is 1.